The van der Waals surface area contributed by atoms with Crippen molar-refractivity contribution in [2.24, 2.45) is 0 Å². The fourth-order valence-electron chi connectivity index (χ4n) is 10.9. The van der Waals surface area contributed by atoms with Crippen LogP contribution < -0.4 is 0 Å². The number of thiophene rings is 8. The minimum Gasteiger partial charge on any atom is -0.134 e. The summed E-state index contributed by atoms with van der Waals surface area (Å²) in [5.74, 6) is 0. The lowest BCUT2D eigenvalue weighted by Gasteiger charge is -2.16. The Bertz CT molecular complexity index is 3500. The van der Waals surface area contributed by atoms with Gasteiger partial charge in [-0.1, -0.05) is 72.8 Å². The number of hydrogen-bond donors (Lipinski definition) is 0. The molecule has 0 saturated carbocycles. The molecule has 0 saturated heterocycles. The molecule has 9 aliphatic rings. The predicted molar refractivity (Wildman–Crippen MR) is 320 cm³/mol. The normalized spacial score (nSPS) is 13.7. The van der Waals surface area contributed by atoms with Gasteiger partial charge in [0.1, 0.15) is 0 Å². The Hall–Kier alpha value is -5.52. The summed E-state index contributed by atoms with van der Waals surface area (Å²) in [6.45, 7) is 0. The Morgan fingerprint density at radius 3 is 0.528 bits per heavy atom. The lowest BCUT2D eigenvalue weighted by molar-refractivity contribution is 0.926. The highest BCUT2D eigenvalue weighted by atomic mass is 32.1. The molecule has 0 atom stereocenters. The van der Waals surface area contributed by atoms with Crippen molar-refractivity contribution >= 4 is 90.7 Å². The molecule has 1 aliphatic heterocycles. The van der Waals surface area contributed by atoms with Crippen LogP contribution in [-0.4, -0.2) is 0 Å². The van der Waals surface area contributed by atoms with Crippen molar-refractivity contribution in [3.8, 4) is 100 Å². The van der Waals surface area contributed by atoms with Crippen LogP contribution in [0.15, 0.2) is 170 Å². The molecular weight excluding hydrogens is 1030 g/mol. The van der Waals surface area contributed by atoms with Gasteiger partial charge in [-0.3, -0.25) is 0 Å². The van der Waals surface area contributed by atoms with Gasteiger partial charge in [0.2, 0.25) is 0 Å². The molecule has 0 spiro atoms. The van der Waals surface area contributed by atoms with Crippen LogP contribution in [0, 0.1) is 0 Å². The molecular formula is C64H44S8. The van der Waals surface area contributed by atoms with E-state index in [9.17, 15) is 0 Å². The van der Waals surface area contributed by atoms with Crippen LogP contribution >= 0.6 is 90.7 Å². The Labute approximate surface area is 452 Å². The third-order valence-electron chi connectivity index (χ3n) is 14.8. The van der Waals surface area contributed by atoms with E-state index in [4.69, 9.17) is 0 Å². The SMILES string of the molecule is c1cc2c3cc1CCc1ccc(cc1-c1ccc(s1)-c1ccc(s1)-c1ccc(s1)-c1ccc(s1)-c1cc4ccc1CCc1ccc(c(c1)-c1ccc(s1)-c1ccc(s1)-c1ccc(s1)-c1ccc-3s1)CC4)CC2. The van der Waals surface area contributed by atoms with Crippen molar-refractivity contribution < 1.29 is 0 Å². The molecule has 4 aromatic carbocycles. The van der Waals surface area contributed by atoms with E-state index in [0.717, 1.165) is 51.4 Å². The Morgan fingerprint density at radius 1 is 0.167 bits per heavy atom. The van der Waals surface area contributed by atoms with Gasteiger partial charge in [0.05, 0.1) is 0 Å². The van der Waals surface area contributed by atoms with Gasteiger partial charge in [0.15, 0.2) is 0 Å². The average Bonchev–Trinajstić information content (AvgIpc) is 4.25. The molecule has 348 valence electrons. The zero-order chi connectivity index (χ0) is 47.3. The molecule has 0 N–H and O–H groups in total. The molecule has 9 heterocycles. The van der Waals surface area contributed by atoms with Crippen LogP contribution in [0.25, 0.3) is 100 Å². The molecule has 72 heavy (non-hydrogen) atoms. The number of hydrogen-bond acceptors (Lipinski definition) is 8. The second kappa shape index (κ2) is 18.1. The maximum Gasteiger partial charge on any atom is 0.0449 e. The smallest absolute Gasteiger partial charge is 0.0449 e. The van der Waals surface area contributed by atoms with E-state index in [1.165, 1.54) is 145 Å². The first-order chi connectivity index (χ1) is 35.5. The minimum absolute atomic E-state index is 1.02. The van der Waals surface area contributed by atoms with E-state index in [2.05, 4.69) is 170 Å². The Kier molecular flexibility index (Phi) is 11.1. The van der Waals surface area contributed by atoms with Gasteiger partial charge in [0.25, 0.3) is 0 Å². The number of benzene rings is 4. The molecule has 0 nitrogen and oxygen atoms in total. The number of rotatable bonds is 0. The third-order valence-corrected chi connectivity index (χ3v) is 24.8. The second-order valence-corrected chi connectivity index (χ2v) is 27.9. The van der Waals surface area contributed by atoms with Crippen molar-refractivity contribution in [3.05, 3.63) is 214 Å². The molecule has 0 fully saturated rings. The average molecular weight is 1070 g/mol. The summed E-state index contributed by atoms with van der Waals surface area (Å²) in [7, 11) is 0. The topological polar surface area (TPSA) is 0 Å². The summed E-state index contributed by atoms with van der Waals surface area (Å²) >= 11 is 15.5. The van der Waals surface area contributed by atoms with Gasteiger partial charge in [-0.15, -0.1) is 90.7 Å². The van der Waals surface area contributed by atoms with Crippen molar-refractivity contribution in [1.29, 1.82) is 0 Å². The van der Waals surface area contributed by atoms with Crippen molar-refractivity contribution in [3.63, 3.8) is 0 Å². The van der Waals surface area contributed by atoms with Crippen molar-refractivity contribution in [2.45, 2.75) is 51.4 Å². The first-order valence-electron chi connectivity index (χ1n) is 24.8. The minimum atomic E-state index is 1.02. The molecule has 8 aromatic heterocycles. The first-order valence-corrected chi connectivity index (χ1v) is 31.4. The fraction of sp³-hybridized carbons (Fsp3) is 0.125. The molecule has 0 amide bonds. The first kappa shape index (κ1) is 44.0. The standard InChI is InChI=1S/C64H44S8/c1-9-41-14-6-38-2-10-42-13-5-37(1)33-45(41)49-17-21-53(65-49)57-25-29-61(69-57)62-31-27-59(71-62)55-23-19-51(67-55)47-35-39-3-11-43(47)15-7-40-4-12-44(16-8-39)48(36-40)52-20-24-56(68-52)60-28-32-64(72-60)63-30-26-58(70-63)54-22-18-50(66-54)46(42)34-38/h1-4,9-12,17-36H,5-8,13-16H2. The monoisotopic (exact) mass is 1070 g/mol. The number of aryl methyl sites for hydroxylation is 8. The zero-order valence-electron chi connectivity index (χ0n) is 39.1. The highest BCUT2D eigenvalue weighted by Crippen LogP contribution is 2.49. The number of fused-ring (bicyclic) bond motifs is 22. The summed E-state index contributed by atoms with van der Waals surface area (Å²) < 4.78 is 0. The van der Waals surface area contributed by atoms with E-state index in [0.29, 0.717) is 0 Å². The molecule has 8 heteroatoms. The van der Waals surface area contributed by atoms with Crippen LogP contribution in [0.5, 0.6) is 0 Å². The van der Waals surface area contributed by atoms with Crippen LogP contribution in [0.2, 0.25) is 0 Å². The van der Waals surface area contributed by atoms with Gasteiger partial charge in [0, 0.05) is 78.0 Å². The van der Waals surface area contributed by atoms with E-state index < -0.39 is 0 Å². The van der Waals surface area contributed by atoms with E-state index in [-0.39, 0.29) is 0 Å². The van der Waals surface area contributed by atoms with Crippen molar-refractivity contribution in [1.82, 2.24) is 0 Å². The predicted octanol–water partition coefficient (Wildman–Crippen LogP) is 20.9. The van der Waals surface area contributed by atoms with E-state index in [1.807, 2.05) is 90.7 Å². The van der Waals surface area contributed by atoms with E-state index in [1.54, 1.807) is 0 Å². The summed E-state index contributed by atoms with van der Waals surface area (Å²) in [4.78, 5) is 21.7. The lowest BCUT2D eigenvalue weighted by atomic mass is 9.90. The van der Waals surface area contributed by atoms with Crippen LogP contribution in [0.3, 0.4) is 0 Å². The maximum atomic E-state index is 2.51. The molecule has 12 aromatic rings. The highest BCUT2D eigenvalue weighted by molar-refractivity contribution is 7.30. The summed E-state index contributed by atoms with van der Waals surface area (Å²) in [5.41, 5.74) is 17.1. The summed E-state index contributed by atoms with van der Waals surface area (Å²) in [5, 5.41) is 0. The van der Waals surface area contributed by atoms with Gasteiger partial charge < -0.3 is 0 Å². The van der Waals surface area contributed by atoms with Crippen molar-refractivity contribution in [2.75, 3.05) is 0 Å². The zero-order valence-corrected chi connectivity index (χ0v) is 45.6. The molecule has 21 rings (SSSR count). The van der Waals surface area contributed by atoms with Gasteiger partial charge in [-0.05, 0) is 215 Å². The second-order valence-electron chi connectivity index (χ2n) is 19.3. The fourth-order valence-corrected chi connectivity index (χ4v) is 19.7. The highest BCUT2D eigenvalue weighted by Gasteiger charge is 2.21. The molecule has 28 bridgehead atoms. The van der Waals surface area contributed by atoms with Gasteiger partial charge >= 0.3 is 0 Å². The van der Waals surface area contributed by atoms with E-state index >= 15 is 0 Å². The van der Waals surface area contributed by atoms with Crippen LogP contribution in [-0.2, 0) is 51.4 Å². The summed E-state index contributed by atoms with van der Waals surface area (Å²) in [6.07, 6.45) is 8.16. The quantitative estimate of drug-likeness (QED) is 0.142. The maximum absolute atomic E-state index is 2.51. The lowest BCUT2D eigenvalue weighted by Crippen LogP contribution is -2.01. The van der Waals surface area contributed by atoms with Gasteiger partial charge in [-0.2, -0.15) is 0 Å². The Balaban J connectivity index is 0.805. The summed E-state index contributed by atoms with van der Waals surface area (Å²) in [6, 6.07) is 66.9. The van der Waals surface area contributed by atoms with Crippen LogP contribution in [0.4, 0.5) is 0 Å². The largest absolute Gasteiger partial charge is 0.134 e. The third kappa shape index (κ3) is 8.16. The van der Waals surface area contributed by atoms with Crippen LogP contribution in [0.1, 0.15) is 44.5 Å². The molecule has 8 aliphatic carbocycles. The molecule has 0 unspecified atom stereocenters. The Morgan fingerprint density at radius 2 is 0.333 bits per heavy atom. The molecule has 0 radical (unpaired) electrons. The van der Waals surface area contributed by atoms with Gasteiger partial charge in [-0.25, -0.2) is 0 Å².